The molecule has 0 saturated carbocycles. The summed E-state index contributed by atoms with van der Waals surface area (Å²) in [4.78, 5) is 12.8. The van der Waals surface area contributed by atoms with Gasteiger partial charge in [0.05, 0.1) is 0 Å². The van der Waals surface area contributed by atoms with Crippen LogP contribution in [0.15, 0.2) is 36.4 Å². The minimum Gasteiger partial charge on any atom is -0.480 e. The average molecular weight is 321 g/mol. The summed E-state index contributed by atoms with van der Waals surface area (Å²) in [5.74, 6) is -0.982. The summed E-state index contributed by atoms with van der Waals surface area (Å²) in [5.41, 5.74) is 7.57. The predicted octanol–water partition coefficient (Wildman–Crippen LogP) is 2.66. The van der Waals surface area contributed by atoms with Crippen molar-refractivity contribution in [3.8, 4) is 10.4 Å². The highest BCUT2D eigenvalue weighted by Crippen LogP contribution is 2.30. The van der Waals surface area contributed by atoms with Gasteiger partial charge in [0.15, 0.2) is 6.29 Å². The molecule has 1 aromatic heterocycles. The van der Waals surface area contributed by atoms with Crippen LogP contribution in [0.25, 0.3) is 10.4 Å². The highest BCUT2D eigenvalue weighted by atomic mass is 32.1. The molecule has 0 radical (unpaired) electrons. The van der Waals surface area contributed by atoms with Crippen LogP contribution in [0, 0.1) is 0 Å². The highest BCUT2D eigenvalue weighted by molar-refractivity contribution is 7.15. The van der Waals surface area contributed by atoms with Crippen molar-refractivity contribution in [3.05, 3.63) is 46.8 Å². The van der Waals surface area contributed by atoms with Crippen LogP contribution in [-0.2, 0) is 20.7 Å². The van der Waals surface area contributed by atoms with Gasteiger partial charge in [0, 0.05) is 36.0 Å². The molecular weight excluding hydrogens is 302 g/mol. The third-order valence-corrected chi connectivity index (χ3v) is 4.45. The van der Waals surface area contributed by atoms with Crippen LogP contribution in [0.4, 0.5) is 0 Å². The molecule has 1 heterocycles. The van der Waals surface area contributed by atoms with Crippen molar-refractivity contribution in [1.29, 1.82) is 0 Å². The van der Waals surface area contributed by atoms with Gasteiger partial charge in [-0.25, -0.2) is 0 Å². The van der Waals surface area contributed by atoms with E-state index in [1.165, 1.54) is 0 Å². The summed E-state index contributed by atoms with van der Waals surface area (Å²) >= 11 is 1.55. The molecule has 0 aliphatic carbocycles. The molecule has 2 rings (SSSR count). The van der Waals surface area contributed by atoms with Crippen molar-refractivity contribution < 1.29 is 19.4 Å². The number of hydrogen-bond acceptors (Lipinski definition) is 5. The molecule has 3 N–H and O–H groups in total. The molecule has 0 aliphatic heterocycles. The van der Waals surface area contributed by atoms with Gasteiger partial charge in [-0.15, -0.1) is 11.3 Å². The van der Waals surface area contributed by atoms with E-state index >= 15 is 0 Å². The molecule has 0 bridgehead atoms. The molecule has 22 heavy (non-hydrogen) atoms. The van der Waals surface area contributed by atoms with Gasteiger partial charge in [0.2, 0.25) is 0 Å². The van der Waals surface area contributed by atoms with Gasteiger partial charge in [0.25, 0.3) is 0 Å². The molecule has 0 saturated heterocycles. The largest absolute Gasteiger partial charge is 0.480 e. The second kappa shape index (κ2) is 7.51. The van der Waals surface area contributed by atoms with Crippen molar-refractivity contribution in [3.63, 3.8) is 0 Å². The number of nitrogens with two attached hydrogens (primary N) is 1. The molecule has 0 fully saturated rings. The average Bonchev–Trinajstić information content (AvgIpc) is 2.97. The van der Waals surface area contributed by atoms with Crippen LogP contribution in [0.2, 0.25) is 0 Å². The minimum absolute atomic E-state index is 0.341. The Morgan fingerprint density at radius 2 is 1.82 bits per heavy atom. The summed E-state index contributed by atoms with van der Waals surface area (Å²) in [5, 5.41) is 8.85. The molecule has 0 aliphatic rings. The fourth-order valence-corrected chi connectivity index (χ4v) is 3.19. The van der Waals surface area contributed by atoms with E-state index < -0.39 is 12.0 Å². The molecule has 1 atom stereocenters. The van der Waals surface area contributed by atoms with Crippen LogP contribution in [0.5, 0.6) is 0 Å². The van der Waals surface area contributed by atoms with E-state index in [9.17, 15) is 4.79 Å². The fourth-order valence-electron chi connectivity index (χ4n) is 2.12. The molecule has 6 heteroatoms. The maximum atomic E-state index is 10.8. The van der Waals surface area contributed by atoms with Gasteiger partial charge >= 0.3 is 5.97 Å². The molecule has 118 valence electrons. The Kier molecular flexibility index (Phi) is 5.68. The quantitative estimate of drug-likeness (QED) is 0.766. The Morgan fingerprint density at radius 1 is 1.18 bits per heavy atom. The van der Waals surface area contributed by atoms with Crippen molar-refractivity contribution in [2.45, 2.75) is 18.8 Å². The van der Waals surface area contributed by atoms with Gasteiger partial charge in [-0.05, 0) is 17.7 Å². The smallest absolute Gasteiger partial charge is 0.320 e. The van der Waals surface area contributed by atoms with E-state index in [1.54, 1.807) is 25.6 Å². The van der Waals surface area contributed by atoms with E-state index in [1.807, 2.05) is 36.4 Å². The number of carbonyl (C=O) groups is 1. The Labute approximate surface area is 133 Å². The Bertz CT molecular complexity index is 619. The first-order valence-corrected chi connectivity index (χ1v) is 7.59. The maximum absolute atomic E-state index is 10.8. The van der Waals surface area contributed by atoms with Crippen molar-refractivity contribution in [1.82, 2.24) is 0 Å². The molecule has 5 nitrogen and oxygen atoms in total. The Morgan fingerprint density at radius 3 is 2.36 bits per heavy atom. The number of rotatable bonds is 7. The Balaban J connectivity index is 2.12. The van der Waals surface area contributed by atoms with Crippen molar-refractivity contribution in [2.75, 3.05) is 14.2 Å². The van der Waals surface area contributed by atoms with Crippen molar-refractivity contribution >= 4 is 17.3 Å². The number of methoxy groups -OCH3 is 2. The first kappa shape index (κ1) is 16.6. The van der Waals surface area contributed by atoms with E-state index in [0.29, 0.717) is 6.42 Å². The van der Waals surface area contributed by atoms with E-state index in [2.05, 4.69) is 0 Å². The fraction of sp³-hybridized carbons (Fsp3) is 0.312. The molecule has 1 aromatic carbocycles. The van der Waals surface area contributed by atoms with Gasteiger partial charge in [-0.3, -0.25) is 4.79 Å². The van der Waals surface area contributed by atoms with Crippen LogP contribution in [-0.4, -0.2) is 31.3 Å². The maximum Gasteiger partial charge on any atom is 0.320 e. The number of carboxylic acid groups (broad SMARTS) is 1. The number of ether oxygens (including phenoxy) is 2. The van der Waals surface area contributed by atoms with Crippen LogP contribution >= 0.6 is 11.3 Å². The number of hydrogen-bond donors (Lipinski definition) is 2. The van der Waals surface area contributed by atoms with E-state index in [4.69, 9.17) is 20.3 Å². The molecule has 1 unspecified atom stereocenters. The third-order valence-electron chi connectivity index (χ3n) is 3.30. The van der Waals surface area contributed by atoms with Gasteiger partial charge in [0.1, 0.15) is 6.04 Å². The number of thiophene rings is 1. The monoisotopic (exact) mass is 321 g/mol. The number of benzene rings is 1. The lowest BCUT2D eigenvalue weighted by Gasteiger charge is -2.13. The molecule has 0 amide bonds. The predicted molar refractivity (Wildman–Crippen MR) is 85.8 cm³/mol. The topological polar surface area (TPSA) is 81.8 Å². The second-order valence-corrected chi connectivity index (χ2v) is 6.01. The summed E-state index contributed by atoms with van der Waals surface area (Å²) in [6.07, 6.45) is -0.0328. The number of aliphatic carboxylic acids is 1. The van der Waals surface area contributed by atoms with Gasteiger partial charge < -0.3 is 20.3 Å². The second-order valence-electron chi connectivity index (χ2n) is 4.84. The lowest BCUT2D eigenvalue weighted by Crippen LogP contribution is -2.31. The summed E-state index contributed by atoms with van der Waals surface area (Å²) in [6, 6.07) is 10.9. The molecule has 2 aromatic rings. The zero-order chi connectivity index (χ0) is 16.1. The lowest BCUT2D eigenvalue weighted by atomic mass is 10.1. The van der Waals surface area contributed by atoms with Crippen LogP contribution < -0.4 is 5.73 Å². The summed E-state index contributed by atoms with van der Waals surface area (Å²) in [7, 11) is 3.19. The van der Waals surface area contributed by atoms with E-state index in [0.717, 1.165) is 20.9 Å². The van der Waals surface area contributed by atoms with Crippen LogP contribution in [0.1, 0.15) is 16.7 Å². The van der Waals surface area contributed by atoms with Gasteiger partial charge in [-0.2, -0.15) is 0 Å². The van der Waals surface area contributed by atoms with Gasteiger partial charge in [-0.1, -0.05) is 24.3 Å². The third kappa shape index (κ3) is 3.92. The highest BCUT2D eigenvalue weighted by Gasteiger charge is 2.14. The summed E-state index contributed by atoms with van der Waals surface area (Å²) in [6.45, 7) is 0. The minimum atomic E-state index is -0.982. The SMILES string of the molecule is COC(OC)c1ccc(-c2ccc(CC(N)C(=O)O)s2)cc1. The lowest BCUT2D eigenvalue weighted by molar-refractivity contribution is -0.138. The first-order valence-electron chi connectivity index (χ1n) is 6.78. The zero-order valence-corrected chi connectivity index (χ0v) is 13.3. The number of carboxylic acids is 1. The Hall–Kier alpha value is -1.73. The first-order chi connectivity index (χ1) is 10.5. The van der Waals surface area contributed by atoms with Crippen molar-refractivity contribution in [2.24, 2.45) is 5.73 Å². The molecule has 0 spiro atoms. The zero-order valence-electron chi connectivity index (χ0n) is 12.5. The van der Waals surface area contributed by atoms with Crippen LogP contribution in [0.3, 0.4) is 0 Å². The van der Waals surface area contributed by atoms with E-state index in [-0.39, 0.29) is 6.29 Å². The normalized spacial score (nSPS) is 12.5. The standard InChI is InChI=1S/C16H19NO4S/c1-20-16(21-2)11-5-3-10(4-6-11)14-8-7-12(22-14)9-13(17)15(18)19/h3-8,13,16H,9,17H2,1-2H3,(H,18,19). The summed E-state index contributed by atoms with van der Waals surface area (Å²) < 4.78 is 10.4. The molecular formula is C16H19NO4S.